The van der Waals surface area contributed by atoms with E-state index in [4.69, 9.17) is 16.1 Å². The molecular weight excluding hydrogens is 450 g/mol. The van der Waals surface area contributed by atoms with Gasteiger partial charge in [0.2, 0.25) is 17.6 Å². The molecular formula is C26H30ClN5O2. The predicted octanol–water partition coefficient (Wildman–Crippen LogP) is 3.95. The largest absolute Gasteiger partial charge is 0.340 e. The molecule has 0 radical (unpaired) electrons. The molecule has 178 valence electrons. The zero-order valence-corrected chi connectivity index (χ0v) is 20.0. The van der Waals surface area contributed by atoms with Gasteiger partial charge in [-0.05, 0) is 49.2 Å². The van der Waals surface area contributed by atoms with Crippen molar-refractivity contribution in [3.8, 4) is 11.4 Å². The fourth-order valence-electron chi connectivity index (χ4n) is 4.85. The number of likely N-dealkylation sites (tertiary alicyclic amines) is 1. The van der Waals surface area contributed by atoms with Crippen LogP contribution < -0.4 is 0 Å². The van der Waals surface area contributed by atoms with Crippen molar-refractivity contribution in [2.24, 2.45) is 5.92 Å². The lowest BCUT2D eigenvalue weighted by Gasteiger charge is -2.38. The molecule has 5 rings (SSSR count). The molecule has 1 unspecified atom stereocenters. The first-order valence-corrected chi connectivity index (χ1v) is 12.4. The average molecular weight is 480 g/mol. The minimum Gasteiger partial charge on any atom is -0.340 e. The van der Waals surface area contributed by atoms with Gasteiger partial charge in [0.05, 0.1) is 12.5 Å². The zero-order valence-electron chi connectivity index (χ0n) is 19.3. The minimum absolute atomic E-state index is 0.0353. The van der Waals surface area contributed by atoms with Crippen LogP contribution in [0.4, 0.5) is 0 Å². The Labute approximate surface area is 205 Å². The van der Waals surface area contributed by atoms with E-state index in [0.717, 1.165) is 64.2 Å². The van der Waals surface area contributed by atoms with Crippen LogP contribution in [0.15, 0.2) is 59.1 Å². The Morgan fingerprint density at radius 1 is 0.941 bits per heavy atom. The van der Waals surface area contributed by atoms with Crippen molar-refractivity contribution in [2.75, 3.05) is 39.3 Å². The minimum atomic E-state index is 0.0353. The van der Waals surface area contributed by atoms with Crippen molar-refractivity contribution in [1.82, 2.24) is 24.8 Å². The standard InChI is InChI=1S/C26H30ClN5O2/c27-23-10-8-21(9-11-23)25-28-24(34-29-25)19-31-12-4-7-22(18-31)26(33)32-15-13-30(14-16-32)17-20-5-2-1-3-6-20/h1-3,5-6,8-11,22H,4,7,12-19H2. The average Bonchev–Trinajstić information content (AvgIpc) is 3.34. The van der Waals surface area contributed by atoms with Gasteiger partial charge in [-0.1, -0.05) is 47.1 Å². The molecule has 2 aromatic carbocycles. The number of rotatable bonds is 6. The quantitative estimate of drug-likeness (QED) is 0.533. The van der Waals surface area contributed by atoms with Gasteiger partial charge in [-0.15, -0.1) is 0 Å². The number of amides is 1. The molecule has 1 amide bonds. The lowest BCUT2D eigenvalue weighted by molar-refractivity contribution is -0.139. The molecule has 2 saturated heterocycles. The molecule has 0 bridgehead atoms. The number of nitrogens with zero attached hydrogens (tertiary/aromatic N) is 5. The Hall–Kier alpha value is -2.74. The molecule has 7 nitrogen and oxygen atoms in total. The highest BCUT2D eigenvalue weighted by atomic mass is 35.5. The molecule has 0 N–H and O–H groups in total. The van der Waals surface area contributed by atoms with E-state index in [1.807, 2.05) is 30.3 Å². The molecule has 0 spiro atoms. The number of hydrogen-bond donors (Lipinski definition) is 0. The smallest absolute Gasteiger partial charge is 0.241 e. The van der Waals surface area contributed by atoms with Gasteiger partial charge in [-0.25, -0.2) is 0 Å². The topological polar surface area (TPSA) is 65.7 Å². The SMILES string of the molecule is O=C(C1CCCN(Cc2nc(-c3ccc(Cl)cc3)no2)C1)N1CCN(Cc2ccccc2)CC1. The van der Waals surface area contributed by atoms with Crippen molar-refractivity contribution in [3.05, 3.63) is 71.1 Å². The normalized spacial score (nSPS) is 19.9. The third-order valence-electron chi connectivity index (χ3n) is 6.72. The summed E-state index contributed by atoms with van der Waals surface area (Å²) >= 11 is 5.96. The van der Waals surface area contributed by atoms with E-state index in [1.165, 1.54) is 5.56 Å². The monoisotopic (exact) mass is 479 g/mol. The van der Waals surface area contributed by atoms with Gasteiger partial charge < -0.3 is 9.42 Å². The third-order valence-corrected chi connectivity index (χ3v) is 6.97. The van der Waals surface area contributed by atoms with Crippen LogP contribution in [-0.4, -0.2) is 70.0 Å². The Balaban J connectivity index is 1.12. The Morgan fingerprint density at radius 3 is 2.47 bits per heavy atom. The van der Waals surface area contributed by atoms with Crippen LogP contribution in [0.1, 0.15) is 24.3 Å². The van der Waals surface area contributed by atoms with Crippen molar-refractivity contribution in [1.29, 1.82) is 0 Å². The van der Waals surface area contributed by atoms with Gasteiger partial charge in [0.15, 0.2) is 0 Å². The maximum Gasteiger partial charge on any atom is 0.241 e. The van der Waals surface area contributed by atoms with Crippen LogP contribution in [0.2, 0.25) is 5.02 Å². The maximum atomic E-state index is 13.3. The van der Waals surface area contributed by atoms with Crippen LogP contribution in [0, 0.1) is 5.92 Å². The van der Waals surface area contributed by atoms with Gasteiger partial charge in [-0.2, -0.15) is 4.98 Å². The Bertz CT molecular complexity index is 1080. The third kappa shape index (κ3) is 5.66. The molecule has 1 aromatic heterocycles. The van der Waals surface area contributed by atoms with Gasteiger partial charge in [0, 0.05) is 49.9 Å². The summed E-state index contributed by atoms with van der Waals surface area (Å²) in [5.41, 5.74) is 2.20. The highest BCUT2D eigenvalue weighted by Crippen LogP contribution is 2.23. The summed E-state index contributed by atoms with van der Waals surface area (Å²) in [6, 6.07) is 17.9. The second kappa shape index (κ2) is 10.7. The van der Waals surface area contributed by atoms with Crippen LogP contribution in [0.5, 0.6) is 0 Å². The van der Waals surface area contributed by atoms with E-state index in [2.05, 4.69) is 49.1 Å². The summed E-state index contributed by atoms with van der Waals surface area (Å²) in [6.07, 6.45) is 1.95. The van der Waals surface area contributed by atoms with E-state index in [0.29, 0.717) is 23.3 Å². The zero-order chi connectivity index (χ0) is 23.3. The van der Waals surface area contributed by atoms with E-state index >= 15 is 0 Å². The van der Waals surface area contributed by atoms with Gasteiger partial charge >= 0.3 is 0 Å². The van der Waals surface area contributed by atoms with Crippen molar-refractivity contribution >= 4 is 17.5 Å². The van der Waals surface area contributed by atoms with Crippen LogP contribution >= 0.6 is 11.6 Å². The number of aromatic nitrogens is 2. The first-order chi connectivity index (χ1) is 16.6. The van der Waals surface area contributed by atoms with E-state index < -0.39 is 0 Å². The predicted molar refractivity (Wildman–Crippen MR) is 131 cm³/mol. The first kappa shape index (κ1) is 23.0. The molecule has 3 heterocycles. The summed E-state index contributed by atoms with van der Waals surface area (Å²) in [5.74, 6) is 1.46. The Morgan fingerprint density at radius 2 is 1.71 bits per heavy atom. The van der Waals surface area contributed by atoms with E-state index in [1.54, 1.807) is 0 Å². The number of piperidine rings is 1. The lowest BCUT2D eigenvalue weighted by Crippen LogP contribution is -2.52. The number of benzene rings is 2. The lowest BCUT2D eigenvalue weighted by atomic mass is 9.96. The maximum absolute atomic E-state index is 13.3. The van der Waals surface area contributed by atoms with Crippen molar-refractivity contribution in [3.63, 3.8) is 0 Å². The number of piperazine rings is 1. The number of halogens is 1. The van der Waals surface area contributed by atoms with E-state index in [-0.39, 0.29) is 11.8 Å². The Kier molecular flexibility index (Phi) is 7.23. The number of hydrogen-bond acceptors (Lipinski definition) is 6. The molecule has 3 aromatic rings. The summed E-state index contributed by atoms with van der Waals surface area (Å²) in [5, 5.41) is 4.79. The fraction of sp³-hybridized carbons (Fsp3) is 0.423. The van der Waals surface area contributed by atoms with E-state index in [9.17, 15) is 4.79 Å². The highest BCUT2D eigenvalue weighted by Gasteiger charge is 2.31. The van der Waals surface area contributed by atoms with Gasteiger partial charge in [-0.3, -0.25) is 14.6 Å². The highest BCUT2D eigenvalue weighted by molar-refractivity contribution is 6.30. The van der Waals surface area contributed by atoms with Crippen LogP contribution in [0.25, 0.3) is 11.4 Å². The van der Waals surface area contributed by atoms with Crippen LogP contribution in [-0.2, 0) is 17.9 Å². The van der Waals surface area contributed by atoms with Crippen LogP contribution in [0.3, 0.4) is 0 Å². The van der Waals surface area contributed by atoms with Crippen molar-refractivity contribution < 1.29 is 9.32 Å². The molecule has 0 aliphatic carbocycles. The van der Waals surface area contributed by atoms with Gasteiger partial charge in [0.1, 0.15) is 0 Å². The molecule has 2 aliphatic rings. The molecule has 1 atom stereocenters. The first-order valence-electron chi connectivity index (χ1n) is 12.0. The summed E-state index contributed by atoms with van der Waals surface area (Å²) in [7, 11) is 0. The summed E-state index contributed by atoms with van der Waals surface area (Å²) < 4.78 is 5.49. The van der Waals surface area contributed by atoms with Crippen molar-refractivity contribution in [2.45, 2.75) is 25.9 Å². The molecule has 34 heavy (non-hydrogen) atoms. The number of carbonyl (C=O) groups is 1. The molecule has 2 fully saturated rings. The molecule has 0 saturated carbocycles. The number of carbonyl (C=O) groups excluding carboxylic acids is 1. The summed E-state index contributed by atoms with van der Waals surface area (Å²) in [4.78, 5) is 24.5. The van der Waals surface area contributed by atoms with Gasteiger partial charge in [0.25, 0.3) is 0 Å². The second-order valence-corrected chi connectivity index (χ2v) is 9.62. The molecule has 8 heteroatoms. The second-order valence-electron chi connectivity index (χ2n) is 9.18. The summed E-state index contributed by atoms with van der Waals surface area (Å²) in [6.45, 7) is 6.64. The fourth-order valence-corrected chi connectivity index (χ4v) is 4.98. The molecule has 2 aliphatic heterocycles.